The van der Waals surface area contributed by atoms with E-state index in [1.165, 1.54) is 0 Å². The minimum Gasteiger partial charge on any atom is -0.493 e. The topological polar surface area (TPSA) is 93.7 Å². The first-order valence-electron chi connectivity index (χ1n) is 11.1. The summed E-state index contributed by atoms with van der Waals surface area (Å²) in [6.07, 6.45) is 0.0390. The summed E-state index contributed by atoms with van der Waals surface area (Å²) in [5.74, 6) is 0.974. The highest BCUT2D eigenvalue weighted by Crippen LogP contribution is 2.31. The molecule has 1 atom stereocenters. The number of benzene rings is 2. The first kappa shape index (κ1) is 26.7. The summed E-state index contributed by atoms with van der Waals surface area (Å²) >= 11 is 0. The third-order valence-corrected chi connectivity index (χ3v) is 6.58. The zero-order valence-electron chi connectivity index (χ0n) is 20.6. The van der Waals surface area contributed by atoms with Gasteiger partial charge in [0.2, 0.25) is 15.9 Å². The number of amides is 1. The van der Waals surface area contributed by atoms with Gasteiger partial charge in [-0.15, -0.1) is 0 Å². The molecule has 2 aromatic rings. The SMILES string of the molecule is COc1cc(C(C)NC(=O)CCNS(=O)(=O)c2ccc(C(C)(C)C)cc2)ccc1OC(C)C. The molecule has 182 valence electrons. The van der Waals surface area contributed by atoms with Crippen molar-refractivity contribution in [3.8, 4) is 11.5 Å². The Morgan fingerprint density at radius 2 is 1.64 bits per heavy atom. The molecule has 7 nitrogen and oxygen atoms in total. The molecule has 0 aliphatic rings. The molecule has 0 aromatic heterocycles. The lowest BCUT2D eigenvalue weighted by molar-refractivity contribution is -0.121. The van der Waals surface area contributed by atoms with Gasteiger partial charge in [-0.25, -0.2) is 13.1 Å². The number of sulfonamides is 1. The number of nitrogens with one attached hydrogen (secondary N) is 2. The number of methoxy groups -OCH3 is 1. The number of rotatable bonds is 10. The highest BCUT2D eigenvalue weighted by atomic mass is 32.2. The van der Waals surface area contributed by atoms with Crippen LogP contribution in [0, 0.1) is 0 Å². The first-order chi connectivity index (χ1) is 15.3. The number of ether oxygens (including phenoxy) is 2. The van der Waals surface area contributed by atoms with Gasteiger partial charge in [0.05, 0.1) is 24.2 Å². The second-order valence-corrected chi connectivity index (χ2v) is 11.1. The lowest BCUT2D eigenvalue weighted by atomic mass is 9.87. The summed E-state index contributed by atoms with van der Waals surface area (Å²) in [7, 11) is -2.12. The van der Waals surface area contributed by atoms with Gasteiger partial charge in [-0.3, -0.25) is 4.79 Å². The fourth-order valence-electron chi connectivity index (χ4n) is 3.22. The molecule has 0 spiro atoms. The van der Waals surface area contributed by atoms with Crippen molar-refractivity contribution in [2.45, 2.75) is 70.4 Å². The molecule has 2 rings (SSSR count). The van der Waals surface area contributed by atoms with E-state index in [0.29, 0.717) is 11.5 Å². The van der Waals surface area contributed by atoms with Crippen LogP contribution in [0.2, 0.25) is 0 Å². The molecule has 2 aromatic carbocycles. The van der Waals surface area contributed by atoms with Crippen LogP contribution < -0.4 is 19.5 Å². The van der Waals surface area contributed by atoms with Crippen molar-refractivity contribution in [3.63, 3.8) is 0 Å². The van der Waals surface area contributed by atoms with Crippen molar-refractivity contribution >= 4 is 15.9 Å². The second kappa shape index (κ2) is 11.0. The van der Waals surface area contributed by atoms with Crippen LogP contribution in [0.4, 0.5) is 0 Å². The highest BCUT2D eigenvalue weighted by molar-refractivity contribution is 7.89. The van der Waals surface area contributed by atoms with Crippen LogP contribution in [0.25, 0.3) is 0 Å². The Morgan fingerprint density at radius 1 is 1.00 bits per heavy atom. The molecule has 0 aliphatic carbocycles. The Morgan fingerprint density at radius 3 is 2.18 bits per heavy atom. The van der Waals surface area contributed by atoms with Crippen LogP contribution in [0.15, 0.2) is 47.4 Å². The fourth-order valence-corrected chi connectivity index (χ4v) is 4.25. The van der Waals surface area contributed by atoms with Crippen molar-refractivity contribution in [2.75, 3.05) is 13.7 Å². The van der Waals surface area contributed by atoms with E-state index < -0.39 is 10.0 Å². The molecule has 0 aliphatic heterocycles. The van der Waals surface area contributed by atoms with E-state index in [1.807, 2.05) is 51.1 Å². The molecule has 0 saturated carbocycles. The smallest absolute Gasteiger partial charge is 0.240 e. The number of hydrogen-bond acceptors (Lipinski definition) is 5. The maximum atomic E-state index is 12.5. The summed E-state index contributed by atoms with van der Waals surface area (Å²) in [5.41, 5.74) is 1.85. The fraction of sp³-hybridized carbons (Fsp3) is 0.480. The molecule has 0 saturated heterocycles. The van der Waals surface area contributed by atoms with E-state index in [0.717, 1.165) is 11.1 Å². The molecule has 33 heavy (non-hydrogen) atoms. The Bertz CT molecular complexity index is 1040. The predicted molar refractivity (Wildman–Crippen MR) is 130 cm³/mol. The van der Waals surface area contributed by atoms with Crippen molar-refractivity contribution < 1.29 is 22.7 Å². The Labute approximate surface area is 197 Å². The number of carbonyl (C=O) groups is 1. The molecule has 0 fully saturated rings. The van der Waals surface area contributed by atoms with E-state index in [4.69, 9.17) is 9.47 Å². The molecule has 1 unspecified atom stereocenters. The van der Waals surface area contributed by atoms with Crippen molar-refractivity contribution in [1.29, 1.82) is 0 Å². The molecule has 0 radical (unpaired) electrons. The normalized spacial score (nSPS) is 13.0. The van der Waals surface area contributed by atoms with Gasteiger partial charge >= 0.3 is 0 Å². The average Bonchev–Trinajstić information content (AvgIpc) is 2.72. The molecule has 0 heterocycles. The van der Waals surface area contributed by atoms with Crippen LogP contribution in [-0.4, -0.2) is 34.1 Å². The van der Waals surface area contributed by atoms with Gasteiger partial charge in [0, 0.05) is 13.0 Å². The maximum absolute atomic E-state index is 12.5. The molecule has 8 heteroatoms. The zero-order chi connectivity index (χ0) is 24.8. The van der Waals surface area contributed by atoms with E-state index in [-0.39, 0.29) is 41.3 Å². The monoisotopic (exact) mass is 476 g/mol. The van der Waals surface area contributed by atoms with E-state index in [1.54, 1.807) is 19.2 Å². The minimum absolute atomic E-state index is 0.00635. The van der Waals surface area contributed by atoms with Crippen molar-refractivity contribution in [1.82, 2.24) is 10.0 Å². The van der Waals surface area contributed by atoms with Crippen LogP contribution >= 0.6 is 0 Å². The summed E-state index contributed by atoms with van der Waals surface area (Å²) in [6.45, 7) is 11.9. The van der Waals surface area contributed by atoms with E-state index in [9.17, 15) is 13.2 Å². The van der Waals surface area contributed by atoms with Crippen molar-refractivity contribution in [2.24, 2.45) is 0 Å². The van der Waals surface area contributed by atoms with Gasteiger partial charge in [0.15, 0.2) is 11.5 Å². The van der Waals surface area contributed by atoms with E-state index in [2.05, 4.69) is 30.8 Å². The molecule has 2 N–H and O–H groups in total. The van der Waals surface area contributed by atoms with Gasteiger partial charge in [-0.05, 0) is 61.6 Å². The summed E-state index contributed by atoms with van der Waals surface area (Å²) in [5, 5.41) is 2.89. The molecular formula is C25H36N2O5S. The maximum Gasteiger partial charge on any atom is 0.240 e. The standard InChI is InChI=1S/C25H36N2O5S/c1-17(2)32-22-13-8-19(16-23(22)31-7)18(3)27-24(28)14-15-26-33(29,30)21-11-9-20(10-12-21)25(4,5)6/h8-13,16-18,26H,14-15H2,1-7H3,(H,27,28). The molecule has 1 amide bonds. The van der Waals surface area contributed by atoms with E-state index >= 15 is 0 Å². The van der Waals surface area contributed by atoms with Crippen LogP contribution in [0.5, 0.6) is 11.5 Å². The largest absolute Gasteiger partial charge is 0.493 e. The summed E-state index contributed by atoms with van der Waals surface area (Å²) in [6, 6.07) is 12.0. The Balaban J connectivity index is 1.92. The van der Waals surface area contributed by atoms with Crippen molar-refractivity contribution in [3.05, 3.63) is 53.6 Å². The van der Waals surface area contributed by atoms with Gasteiger partial charge in [0.25, 0.3) is 0 Å². The minimum atomic E-state index is -3.68. The Kier molecular flexibility index (Phi) is 8.91. The summed E-state index contributed by atoms with van der Waals surface area (Å²) in [4.78, 5) is 12.5. The van der Waals surface area contributed by atoms with Crippen LogP contribution in [0.1, 0.15) is 65.1 Å². The number of carbonyl (C=O) groups excluding carboxylic acids is 1. The highest BCUT2D eigenvalue weighted by Gasteiger charge is 2.18. The lowest BCUT2D eigenvalue weighted by Gasteiger charge is -2.19. The van der Waals surface area contributed by atoms with Gasteiger partial charge in [0.1, 0.15) is 0 Å². The lowest BCUT2D eigenvalue weighted by Crippen LogP contribution is -2.32. The Hall–Kier alpha value is -2.58. The second-order valence-electron chi connectivity index (χ2n) is 9.29. The molecule has 0 bridgehead atoms. The quantitative estimate of drug-likeness (QED) is 0.532. The van der Waals surface area contributed by atoms with Gasteiger partial charge < -0.3 is 14.8 Å². The third kappa shape index (κ3) is 7.75. The van der Waals surface area contributed by atoms with Crippen LogP contribution in [-0.2, 0) is 20.2 Å². The van der Waals surface area contributed by atoms with Crippen LogP contribution in [0.3, 0.4) is 0 Å². The first-order valence-corrected chi connectivity index (χ1v) is 12.6. The predicted octanol–water partition coefficient (Wildman–Crippen LogP) is 4.33. The van der Waals surface area contributed by atoms with Gasteiger partial charge in [-0.1, -0.05) is 39.0 Å². The third-order valence-electron chi connectivity index (χ3n) is 5.10. The molecular weight excluding hydrogens is 440 g/mol. The zero-order valence-corrected chi connectivity index (χ0v) is 21.4. The summed E-state index contributed by atoms with van der Waals surface area (Å²) < 4.78 is 38.7. The number of hydrogen-bond donors (Lipinski definition) is 2. The van der Waals surface area contributed by atoms with Gasteiger partial charge in [-0.2, -0.15) is 0 Å². The average molecular weight is 477 g/mol.